The van der Waals surface area contributed by atoms with Gasteiger partial charge in [-0.15, -0.1) is 0 Å². The third kappa shape index (κ3) is 5.18. The first-order chi connectivity index (χ1) is 15.8. The number of rotatable bonds is 8. The van der Waals surface area contributed by atoms with Crippen LogP contribution in [0.3, 0.4) is 0 Å². The van der Waals surface area contributed by atoms with Crippen LogP contribution in [0.15, 0.2) is 84.0 Å². The molecule has 4 aromatic rings. The van der Waals surface area contributed by atoms with Crippen molar-refractivity contribution < 1.29 is 17.7 Å². The summed E-state index contributed by atoms with van der Waals surface area (Å²) >= 11 is 0. The van der Waals surface area contributed by atoms with Gasteiger partial charge < -0.3 is 9.67 Å². The van der Waals surface area contributed by atoms with Gasteiger partial charge in [-0.25, -0.2) is 4.98 Å². The van der Waals surface area contributed by atoms with Gasteiger partial charge >= 0.3 is 0 Å². The van der Waals surface area contributed by atoms with Crippen LogP contribution in [-0.2, 0) is 20.8 Å². The third-order valence-corrected chi connectivity index (χ3v) is 5.71. The molecule has 0 saturated heterocycles. The van der Waals surface area contributed by atoms with Crippen LogP contribution in [0.5, 0.6) is 5.75 Å². The van der Waals surface area contributed by atoms with E-state index in [9.17, 15) is 18.3 Å². The number of nitrogens with one attached hydrogen (secondary N) is 1. The SMILES string of the molecule is CS(=O)(=O)OC(Cn1ccnc1-c1n[nH]cc(O)c1=O)C(c1ccccc1)c1ccccc1. The van der Waals surface area contributed by atoms with Crippen molar-refractivity contribution in [3.63, 3.8) is 0 Å². The first-order valence-electron chi connectivity index (χ1n) is 10.1. The number of imidazole rings is 1. The van der Waals surface area contributed by atoms with Crippen LogP contribution in [0.25, 0.3) is 11.5 Å². The molecule has 2 heterocycles. The van der Waals surface area contributed by atoms with Crippen LogP contribution in [0.1, 0.15) is 17.0 Å². The molecule has 1 atom stereocenters. The zero-order valence-electron chi connectivity index (χ0n) is 17.7. The van der Waals surface area contributed by atoms with Crippen molar-refractivity contribution in [2.45, 2.75) is 18.6 Å². The fraction of sp³-hybridized carbons (Fsp3) is 0.174. The molecule has 0 aliphatic rings. The van der Waals surface area contributed by atoms with Crippen molar-refractivity contribution in [3.05, 3.63) is 101 Å². The molecule has 10 heteroatoms. The summed E-state index contributed by atoms with van der Waals surface area (Å²) < 4.78 is 31.7. The molecule has 33 heavy (non-hydrogen) atoms. The van der Waals surface area contributed by atoms with Gasteiger partial charge in [-0.3, -0.25) is 14.1 Å². The number of hydrogen-bond acceptors (Lipinski definition) is 7. The largest absolute Gasteiger partial charge is 0.503 e. The number of aromatic hydroxyl groups is 1. The second kappa shape index (κ2) is 9.39. The number of aromatic amines is 1. The number of hydrogen-bond donors (Lipinski definition) is 2. The van der Waals surface area contributed by atoms with Gasteiger partial charge in [0, 0.05) is 18.3 Å². The zero-order chi connectivity index (χ0) is 23.4. The van der Waals surface area contributed by atoms with Gasteiger partial charge in [0.05, 0.1) is 19.0 Å². The molecule has 0 radical (unpaired) electrons. The maximum atomic E-state index is 12.4. The average molecular weight is 467 g/mol. The molecule has 0 spiro atoms. The van der Waals surface area contributed by atoms with Crippen molar-refractivity contribution in [2.75, 3.05) is 6.26 Å². The van der Waals surface area contributed by atoms with Crippen molar-refractivity contribution in [1.82, 2.24) is 19.7 Å². The highest BCUT2D eigenvalue weighted by atomic mass is 32.2. The summed E-state index contributed by atoms with van der Waals surface area (Å²) in [6.45, 7) is 0.0492. The normalized spacial score (nSPS) is 12.7. The molecule has 2 N–H and O–H groups in total. The van der Waals surface area contributed by atoms with Gasteiger partial charge in [0.15, 0.2) is 17.3 Å². The lowest BCUT2D eigenvalue weighted by molar-refractivity contribution is 0.172. The van der Waals surface area contributed by atoms with Crippen molar-refractivity contribution in [3.8, 4) is 17.3 Å². The van der Waals surface area contributed by atoms with Crippen LogP contribution in [-0.4, -0.2) is 45.6 Å². The van der Waals surface area contributed by atoms with Gasteiger partial charge in [-0.05, 0) is 11.1 Å². The van der Waals surface area contributed by atoms with Crippen LogP contribution >= 0.6 is 0 Å². The smallest absolute Gasteiger partial charge is 0.264 e. The number of H-pyrrole nitrogens is 1. The molecule has 2 aromatic heterocycles. The molecule has 0 amide bonds. The predicted octanol–water partition coefficient (Wildman–Crippen LogP) is 2.52. The van der Waals surface area contributed by atoms with E-state index in [0.29, 0.717) is 0 Å². The molecule has 0 saturated carbocycles. The highest BCUT2D eigenvalue weighted by Crippen LogP contribution is 2.32. The van der Waals surface area contributed by atoms with E-state index in [1.54, 1.807) is 10.8 Å². The highest BCUT2D eigenvalue weighted by Gasteiger charge is 2.30. The Morgan fingerprint density at radius 3 is 2.24 bits per heavy atom. The molecule has 0 aliphatic heterocycles. The maximum absolute atomic E-state index is 12.4. The Morgan fingerprint density at radius 2 is 1.67 bits per heavy atom. The van der Waals surface area contributed by atoms with Crippen molar-refractivity contribution in [1.29, 1.82) is 0 Å². The van der Waals surface area contributed by atoms with Gasteiger partial charge in [-0.1, -0.05) is 60.7 Å². The van der Waals surface area contributed by atoms with Crippen LogP contribution in [0.4, 0.5) is 0 Å². The zero-order valence-corrected chi connectivity index (χ0v) is 18.5. The Morgan fingerprint density at radius 1 is 1.06 bits per heavy atom. The molecule has 0 fully saturated rings. The van der Waals surface area contributed by atoms with Gasteiger partial charge in [0.2, 0.25) is 0 Å². The summed E-state index contributed by atoms with van der Waals surface area (Å²) in [5, 5.41) is 16.2. The van der Waals surface area contributed by atoms with E-state index < -0.39 is 33.3 Å². The summed E-state index contributed by atoms with van der Waals surface area (Å²) in [7, 11) is -3.84. The number of benzene rings is 2. The maximum Gasteiger partial charge on any atom is 0.264 e. The van der Waals surface area contributed by atoms with E-state index in [1.807, 2.05) is 60.7 Å². The molecule has 9 nitrogen and oxygen atoms in total. The molecular formula is C23H22N4O5S. The monoisotopic (exact) mass is 466 g/mol. The second-order valence-corrected chi connectivity index (χ2v) is 9.09. The lowest BCUT2D eigenvalue weighted by Crippen LogP contribution is -2.31. The van der Waals surface area contributed by atoms with E-state index in [1.165, 1.54) is 6.20 Å². The quantitative estimate of drug-likeness (QED) is 0.382. The Balaban J connectivity index is 1.81. The average Bonchev–Trinajstić information content (AvgIpc) is 3.24. The minimum Gasteiger partial charge on any atom is -0.503 e. The van der Waals surface area contributed by atoms with Crippen molar-refractivity contribution in [2.24, 2.45) is 0 Å². The molecule has 4 rings (SSSR count). The van der Waals surface area contributed by atoms with Gasteiger partial charge in [0.1, 0.15) is 6.10 Å². The number of nitrogens with zero attached hydrogens (tertiary/aromatic N) is 3. The van der Waals surface area contributed by atoms with Crippen LogP contribution in [0.2, 0.25) is 0 Å². The molecule has 1 unspecified atom stereocenters. The minimum atomic E-state index is -3.84. The van der Waals surface area contributed by atoms with Gasteiger partial charge in [-0.2, -0.15) is 13.5 Å². The summed E-state index contributed by atoms with van der Waals surface area (Å²) in [6.07, 6.45) is 4.29. The lowest BCUT2D eigenvalue weighted by atomic mass is 9.86. The van der Waals surface area contributed by atoms with E-state index in [2.05, 4.69) is 15.2 Å². The van der Waals surface area contributed by atoms with Crippen LogP contribution in [0, 0.1) is 0 Å². The summed E-state index contributed by atoms with van der Waals surface area (Å²) in [6, 6.07) is 18.9. The van der Waals surface area contributed by atoms with E-state index >= 15 is 0 Å². The molecule has 170 valence electrons. The van der Waals surface area contributed by atoms with E-state index in [4.69, 9.17) is 4.18 Å². The topological polar surface area (TPSA) is 127 Å². The molecule has 0 bridgehead atoms. The predicted molar refractivity (Wildman–Crippen MR) is 122 cm³/mol. The first-order valence-corrected chi connectivity index (χ1v) is 11.9. The van der Waals surface area contributed by atoms with Crippen molar-refractivity contribution >= 4 is 10.1 Å². The van der Waals surface area contributed by atoms with Gasteiger partial charge in [0.25, 0.3) is 15.5 Å². The third-order valence-electron chi connectivity index (χ3n) is 5.12. The summed E-state index contributed by atoms with van der Waals surface area (Å²) in [5.41, 5.74) is 0.957. The van der Waals surface area contributed by atoms with E-state index in [-0.39, 0.29) is 18.1 Å². The first kappa shape index (κ1) is 22.4. The highest BCUT2D eigenvalue weighted by molar-refractivity contribution is 7.86. The summed E-state index contributed by atoms with van der Waals surface area (Å²) in [5.74, 6) is -0.758. The van der Waals surface area contributed by atoms with Crippen LogP contribution < -0.4 is 5.43 Å². The minimum absolute atomic E-state index is 0.0492. The second-order valence-electron chi connectivity index (χ2n) is 7.49. The molecular weight excluding hydrogens is 444 g/mol. The Hall–Kier alpha value is -3.76. The fourth-order valence-electron chi connectivity index (χ4n) is 3.77. The molecule has 2 aromatic carbocycles. The summed E-state index contributed by atoms with van der Waals surface area (Å²) in [4.78, 5) is 16.6. The fourth-order valence-corrected chi connectivity index (χ4v) is 4.39. The molecule has 0 aliphatic carbocycles. The Labute approximate surface area is 190 Å². The van der Waals surface area contributed by atoms with E-state index in [0.717, 1.165) is 23.6 Å². The Bertz CT molecular complexity index is 1350. The Kier molecular flexibility index (Phi) is 6.38. The lowest BCUT2D eigenvalue weighted by Gasteiger charge is -2.28. The number of aromatic nitrogens is 4. The standard InChI is InChI=1S/C23H22N4O5S/c1-33(30,31)32-19(20(16-8-4-2-5-9-16)17-10-6-3-7-11-17)15-27-13-12-24-23(27)21-22(29)18(28)14-25-26-21/h2-14,19-20H,15H2,1H3,(H,25,29)(H,26,28).